The van der Waals surface area contributed by atoms with Crippen molar-refractivity contribution in [3.63, 3.8) is 0 Å². The Labute approximate surface area is 163 Å². The van der Waals surface area contributed by atoms with Crippen LogP contribution in [0.2, 0.25) is 0 Å². The summed E-state index contributed by atoms with van der Waals surface area (Å²) in [4.78, 5) is 25.4. The van der Waals surface area contributed by atoms with Crippen LogP contribution in [0.15, 0.2) is 40.8 Å². The van der Waals surface area contributed by atoms with Crippen LogP contribution in [0.1, 0.15) is 49.2 Å². The number of carboxylic acid groups (broad SMARTS) is 1. The molecule has 0 fully saturated rings. The Kier molecular flexibility index (Phi) is 5.35. The van der Waals surface area contributed by atoms with Crippen molar-refractivity contribution in [3.05, 3.63) is 76.0 Å². The van der Waals surface area contributed by atoms with Crippen LogP contribution in [0.3, 0.4) is 0 Å². The zero-order valence-corrected chi connectivity index (χ0v) is 16.4. The molecule has 3 rings (SSSR count). The summed E-state index contributed by atoms with van der Waals surface area (Å²) in [5.74, 6) is -0.445. The second-order valence-electron chi connectivity index (χ2n) is 6.93. The van der Waals surface area contributed by atoms with Crippen LogP contribution in [-0.4, -0.2) is 38.7 Å². The van der Waals surface area contributed by atoms with Crippen LogP contribution < -0.4 is 0 Å². The minimum Gasteiger partial charge on any atom is -0.478 e. The molecule has 1 aromatic carbocycles. The number of hydrogen-bond acceptors (Lipinski definition) is 4. The summed E-state index contributed by atoms with van der Waals surface area (Å²) in [5.41, 5.74) is 3.67. The number of carbonyl (C=O) groups is 2. The van der Waals surface area contributed by atoms with Gasteiger partial charge in [0.05, 0.1) is 18.8 Å². The van der Waals surface area contributed by atoms with Crippen molar-refractivity contribution in [2.75, 3.05) is 7.05 Å². The number of furan rings is 1. The monoisotopic (exact) mass is 381 g/mol. The van der Waals surface area contributed by atoms with Crippen molar-refractivity contribution in [1.82, 2.24) is 14.7 Å². The Morgan fingerprint density at radius 2 is 1.93 bits per heavy atom. The predicted octanol–water partition coefficient (Wildman–Crippen LogP) is 3.42. The Bertz CT molecular complexity index is 1030. The number of benzene rings is 1. The standard InChI is InChI=1S/C21H23N3O4/c1-13-8-14(2)24(22-13)11-16-6-5-7-17(9-16)20(25)23(4)12-18-10-19(21(26)27)15(3)28-18/h5-10H,11-12H2,1-4H3,(H,26,27). The van der Waals surface area contributed by atoms with Crippen molar-refractivity contribution >= 4 is 11.9 Å². The van der Waals surface area contributed by atoms with Crippen LogP contribution in [0.5, 0.6) is 0 Å². The molecule has 28 heavy (non-hydrogen) atoms. The van der Waals surface area contributed by atoms with Gasteiger partial charge >= 0.3 is 5.97 Å². The molecule has 0 saturated heterocycles. The molecular weight excluding hydrogens is 358 g/mol. The fourth-order valence-corrected chi connectivity index (χ4v) is 3.17. The molecule has 0 saturated carbocycles. The number of rotatable bonds is 6. The van der Waals surface area contributed by atoms with Gasteiger partial charge in [0.15, 0.2) is 0 Å². The van der Waals surface area contributed by atoms with Gasteiger partial charge in [-0.3, -0.25) is 9.48 Å². The van der Waals surface area contributed by atoms with E-state index in [9.17, 15) is 9.59 Å². The van der Waals surface area contributed by atoms with Gasteiger partial charge in [-0.1, -0.05) is 12.1 Å². The Morgan fingerprint density at radius 1 is 1.18 bits per heavy atom. The zero-order valence-electron chi connectivity index (χ0n) is 16.4. The Balaban J connectivity index is 1.74. The maximum atomic E-state index is 12.8. The third-order valence-electron chi connectivity index (χ3n) is 4.55. The van der Waals surface area contributed by atoms with E-state index >= 15 is 0 Å². The molecule has 0 aliphatic heterocycles. The molecule has 0 radical (unpaired) electrons. The van der Waals surface area contributed by atoms with E-state index < -0.39 is 5.97 Å². The van der Waals surface area contributed by atoms with Gasteiger partial charge in [0, 0.05) is 18.3 Å². The number of hydrogen-bond donors (Lipinski definition) is 1. The molecule has 7 heteroatoms. The van der Waals surface area contributed by atoms with E-state index in [-0.39, 0.29) is 18.0 Å². The molecular formula is C21H23N3O4. The fraction of sp³-hybridized carbons (Fsp3) is 0.286. The van der Waals surface area contributed by atoms with Crippen LogP contribution in [0.4, 0.5) is 0 Å². The molecule has 146 valence electrons. The van der Waals surface area contributed by atoms with Crippen LogP contribution in [-0.2, 0) is 13.1 Å². The largest absolute Gasteiger partial charge is 0.478 e. The highest BCUT2D eigenvalue weighted by atomic mass is 16.4. The molecule has 2 aromatic heterocycles. The summed E-state index contributed by atoms with van der Waals surface area (Å²) in [7, 11) is 1.66. The van der Waals surface area contributed by atoms with E-state index in [1.807, 2.05) is 42.8 Å². The lowest BCUT2D eigenvalue weighted by Gasteiger charge is -2.16. The minimum atomic E-state index is -1.04. The van der Waals surface area contributed by atoms with Gasteiger partial charge in [0.25, 0.3) is 5.91 Å². The first-order valence-corrected chi connectivity index (χ1v) is 8.92. The summed E-state index contributed by atoms with van der Waals surface area (Å²) in [6.45, 7) is 6.32. The zero-order chi connectivity index (χ0) is 20.4. The van der Waals surface area contributed by atoms with Crippen LogP contribution in [0.25, 0.3) is 0 Å². The number of nitrogens with zero attached hydrogens (tertiary/aromatic N) is 3. The lowest BCUT2D eigenvalue weighted by molar-refractivity contribution is 0.0694. The first kappa shape index (κ1) is 19.4. The van der Waals surface area contributed by atoms with E-state index in [1.165, 1.54) is 11.0 Å². The van der Waals surface area contributed by atoms with Gasteiger partial charge in [0.2, 0.25) is 0 Å². The lowest BCUT2D eigenvalue weighted by atomic mass is 10.1. The molecule has 0 spiro atoms. The number of aromatic carboxylic acids is 1. The SMILES string of the molecule is Cc1cc(C)n(Cc2cccc(C(=O)N(C)Cc3cc(C(=O)O)c(C)o3)c2)n1. The van der Waals surface area contributed by atoms with Gasteiger partial charge in [0.1, 0.15) is 17.1 Å². The van der Waals surface area contributed by atoms with Gasteiger partial charge in [-0.15, -0.1) is 0 Å². The van der Waals surface area contributed by atoms with Gasteiger partial charge in [-0.05, 0) is 50.6 Å². The molecule has 0 unspecified atom stereocenters. The highest BCUT2D eigenvalue weighted by Gasteiger charge is 2.18. The third kappa shape index (κ3) is 4.14. The number of carbonyl (C=O) groups excluding carboxylic acids is 1. The molecule has 7 nitrogen and oxygen atoms in total. The summed E-state index contributed by atoms with van der Waals surface area (Å²) in [5, 5.41) is 13.6. The van der Waals surface area contributed by atoms with E-state index in [0.717, 1.165) is 17.0 Å². The Hall–Kier alpha value is -3.35. The van der Waals surface area contributed by atoms with E-state index in [2.05, 4.69) is 5.10 Å². The van der Waals surface area contributed by atoms with E-state index in [4.69, 9.17) is 9.52 Å². The number of carboxylic acids is 1. The summed E-state index contributed by atoms with van der Waals surface area (Å²) in [6, 6.07) is 10.9. The molecule has 0 aliphatic carbocycles. The summed E-state index contributed by atoms with van der Waals surface area (Å²) < 4.78 is 7.37. The van der Waals surface area contributed by atoms with Crippen molar-refractivity contribution in [3.8, 4) is 0 Å². The van der Waals surface area contributed by atoms with Crippen LogP contribution in [0, 0.1) is 20.8 Å². The average molecular weight is 381 g/mol. The van der Waals surface area contributed by atoms with Crippen molar-refractivity contribution in [2.45, 2.75) is 33.9 Å². The highest BCUT2D eigenvalue weighted by molar-refractivity contribution is 5.94. The maximum Gasteiger partial charge on any atom is 0.339 e. The first-order chi connectivity index (χ1) is 13.2. The number of amides is 1. The maximum absolute atomic E-state index is 12.8. The molecule has 1 amide bonds. The third-order valence-corrected chi connectivity index (χ3v) is 4.55. The first-order valence-electron chi connectivity index (χ1n) is 8.92. The summed E-state index contributed by atoms with van der Waals surface area (Å²) >= 11 is 0. The Morgan fingerprint density at radius 3 is 2.54 bits per heavy atom. The average Bonchev–Trinajstić information content (AvgIpc) is 3.15. The molecule has 0 atom stereocenters. The van der Waals surface area contributed by atoms with Gasteiger partial charge in [-0.2, -0.15) is 5.10 Å². The highest BCUT2D eigenvalue weighted by Crippen LogP contribution is 2.17. The molecule has 0 aliphatic rings. The fourth-order valence-electron chi connectivity index (χ4n) is 3.17. The van der Waals surface area contributed by atoms with E-state index in [1.54, 1.807) is 20.0 Å². The van der Waals surface area contributed by atoms with Gasteiger partial charge < -0.3 is 14.4 Å². The van der Waals surface area contributed by atoms with Crippen molar-refractivity contribution in [1.29, 1.82) is 0 Å². The predicted molar refractivity (Wildman–Crippen MR) is 103 cm³/mol. The molecule has 1 N–H and O–H groups in total. The topological polar surface area (TPSA) is 88.6 Å². The van der Waals surface area contributed by atoms with E-state index in [0.29, 0.717) is 23.6 Å². The molecule has 2 heterocycles. The normalized spacial score (nSPS) is 10.9. The minimum absolute atomic E-state index is 0.114. The van der Waals surface area contributed by atoms with Crippen molar-refractivity contribution in [2.24, 2.45) is 0 Å². The second-order valence-corrected chi connectivity index (χ2v) is 6.93. The lowest BCUT2D eigenvalue weighted by Crippen LogP contribution is -2.26. The summed E-state index contributed by atoms with van der Waals surface area (Å²) in [6.07, 6.45) is 0. The number of aryl methyl sites for hydroxylation is 3. The number of aromatic nitrogens is 2. The molecule has 0 bridgehead atoms. The quantitative estimate of drug-likeness (QED) is 0.707. The van der Waals surface area contributed by atoms with Crippen molar-refractivity contribution < 1.29 is 19.1 Å². The van der Waals surface area contributed by atoms with Crippen LogP contribution >= 0.6 is 0 Å². The molecule has 3 aromatic rings. The smallest absolute Gasteiger partial charge is 0.339 e. The van der Waals surface area contributed by atoms with Gasteiger partial charge in [-0.25, -0.2) is 4.79 Å². The second kappa shape index (κ2) is 7.72.